The molecular weight excluding hydrogens is 188 g/mol. The van der Waals surface area contributed by atoms with Crippen molar-refractivity contribution in [3.63, 3.8) is 0 Å². The van der Waals surface area contributed by atoms with Crippen LogP contribution < -0.4 is 0 Å². The second-order valence-corrected chi connectivity index (χ2v) is 5.82. The minimum absolute atomic E-state index is 0.770. The van der Waals surface area contributed by atoms with E-state index in [9.17, 15) is 0 Å². The molecule has 1 saturated carbocycles. The van der Waals surface area contributed by atoms with Crippen LogP contribution in [0.1, 0.15) is 32.1 Å². The van der Waals surface area contributed by atoms with Crippen LogP contribution in [0.4, 0.5) is 0 Å². The van der Waals surface area contributed by atoms with Gasteiger partial charge in [-0.15, -0.1) is 11.8 Å². The summed E-state index contributed by atoms with van der Waals surface area (Å²) in [5.74, 6) is 0. The highest BCUT2D eigenvalue weighted by molar-refractivity contribution is 8.01. The van der Waals surface area contributed by atoms with Crippen LogP contribution in [0.5, 0.6) is 0 Å². The van der Waals surface area contributed by atoms with Gasteiger partial charge in [0.05, 0.1) is 0 Å². The molecule has 0 N–H and O–H groups in total. The molecule has 0 saturated heterocycles. The molecule has 2 atom stereocenters. The van der Waals surface area contributed by atoms with Crippen LogP contribution in [0.15, 0.2) is 35.5 Å². The van der Waals surface area contributed by atoms with Crippen LogP contribution in [0.3, 0.4) is 0 Å². The molecule has 0 nitrogen and oxygen atoms in total. The van der Waals surface area contributed by atoms with E-state index in [0.717, 1.165) is 10.5 Å². The summed E-state index contributed by atoms with van der Waals surface area (Å²) >= 11 is 2.21. The molecule has 14 heavy (non-hydrogen) atoms. The van der Waals surface area contributed by atoms with Crippen LogP contribution in [-0.4, -0.2) is 10.5 Å². The molecule has 1 aliphatic heterocycles. The second kappa shape index (κ2) is 3.62. The Morgan fingerprint density at radius 3 is 3.21 bits per heavy atom. The average molecular weight is 204 g/mol. The molecule has 0 spiro atoms. The Morgan fingerprint density at radius 1 is 1.21 bits per heavy atom. The van der Waals surface area contributed by atoms with Gasteiger partial charge in [-0.1, -0.05) is 36.3 Å². The highest BCUT2D eigenvalue weighted by atomic mass is 32.2. The first-order valence-electron chi connectivity index (χ1n) is 5.66. The number of allylic oxidation sites excluding steroid dienone is 4. The fourth-order valence-corrected chi connectivity index (χ4v) is 4.22. The fourth-order valence-electron chi connectivity index (χ4n) is 2.64. The molecule has 1 heteroatoms. The average Bonchev–Trinajstić information content (AvgIpc) is 2.26. The van der Waals surface area contributed by atoms with Crippen LogP contribution in [-0.2, 0) is 0 Å². The van der Waals surface area contributed by atoms with Gasteiger partial charge in [-0.3, -0.25) is 0 Å². The first kappa shape index (κ1) is 8.84. The lowest BCUT2D eigenvalue weighted by molar-refractivity contribution is 0.603. The number of hydrogen-bond donors (Lipinski definition) is 0. The number of thioether (sulfide) groups is 1. The van der Waals surface area contributed by atoms with Crippen molar-refractivity contribution in [3.05, 3.63) is 35.5 Å². The molecule has 2 aliphatic carbocycles. The first-order valence-corrected chi connectivity index (χ1v) is 6.60. The van der Waals surface area contributed by atoms with Crippen LogP contribution >= 0.6 is 11.8 Å². The van der Waals surface area contributed by atoms with Crippen molar-refractivity contribution in [2.24, 2.45) is 0 Å². The van der Waals surface area contributed by atoms with Gasteiger partial charge >= 0.3 is 0 Å². The maximum Gasteiger partial charge on any atom is 0.0337 e. The van der Waals surface area contributed by atoms with Crippen LogP contribution in [0.25, 0.3) is 0 Å². The van der Waals surface area contributed by atoms with E-state index in [0.29, 0.717) is 0 Å². The normalized spacial score (nSPS) is 35.4. The van der Waals surface area contributed by atoms with Gasteiger partial charge in [0.1, 0.15) is 0 Å². The van der Waals surface area contributed by atoms with Crippen LogP contribution in [0.2, 0.25) is 0 Å². The number of fused-ring (bicyclic) bond motifs is 2. The van der Waals surface area contributed by atoms with Gasteiger partial charge in [0, 0.05) is 10.5 Å². The van der Waals surface area contributed by atoms with E-state index in [1.807, 2.05) is 0 Å². The van der Waals surface area contributed by atoms with Crippen molar-refractivity contribution in [2.75, 3.05) is 0 Å². The number of hydrogen-bond acceptors (Lipinski definition) is 1. The SMILES string of the molecule is C1=CCC2SC3CCCCC3=CC2=C1. The molecule has 0 bridgehead atoms. The van der Waals surface area contributed by atoms with Gasteiger partial charge < -0.3 is 0 Å². The van der Waals surface area contributed by atoms with Crippen molar-refractivity contribution in [2.45, 2.75) is 42.6 Å². The summed E-state index contributed by atoms with van der Waals surface area (Å²) in [7, 11) is 0. The quantitative estimate of drug-likeness (QED) is 0.577. The summed E-state index contributed by atoms with van der Waals surface area (Å²) in [4.78, 5) is 0. The van der Waals surface area contributed by atoms with Gasteiger partial charge in [-0.2, -0.15) is 0 Å². The third-order valence-corrected chi connectivity index (χ3v) is 5.08. The van der Waals surface area contributed by atoms with E-state index in [1.165, 1.54) is 32.1 Å². The summed E-state index contributed by atoms with van der Waals surface area (Å²) in [6.07, 6.45) is 16.2. The zero-order chi connectivity index (χ0) is 9.38. The number of rotatable bonds is 0. The smallest absolute Gasteiger partial charge is 0.0337 e. The summed E-state index contributed by atoms with van der Waals surface area (Å²) < 4.78 is 0. The molecule has 0 aromatic heterocycles. The molecule has 1 heterocycles. The minimum atomic E-state index is 0.770. The molecule has 0 amide bonds. The van der Waals surface area contributed by atoms with E-state index in [4.69, 9.17) is 0 Å². The summed E-state index contributed by atoms with van der Waals surface area (Å²) in [5.41, 5.74) is 3.30. The van der Waals surface area contributed by atoms with E-state index >= 15 is 0 Å². The molecule has 0 aromatic rings. The molecule has 3 aliphatic rings. The Labute approximate surface area is 90.2 Å². The lowest BCUT2D eigenvalue weighted by atomic mass is 9.90. The molecule has 74 valence electrons. The molecule has 0 aromatic carbocycles. The first-order chi connectivity index (χ1) is 6.93. The Balaban J connectivity index is 1.92. The summed E-state index contributed by atoms with van der Waals surface area (Å²) in [5, 5.41) is 1.63. The highest BCUT2D eigenvalue weighted by Gasteiger charge is 2.29. The van der Waals surface area contributed by atoms with E-state index in [2.05, 4.69) is 36.1 Å². The van der Waals surface area contributed by atoms with Crippen molar-refractivity contribution < 1.29 is 0 Å². The van der Waals surface area contributed by atoms with Crippen molar-refractivity contribution in [1.82, 2.24) is 0 Å². The van der Waals surface area contributed by atoms with Gasteiger partial charge in [-0.25, -0.2) is 0 Å². The second-order valence-electron chi connectivity index (χ2n) is 4.41. The lowest BCUT2D eigenvalue weighted by Gasteiger charge is -2.34. The monoisotopic (exact) mass is 204 g/mol. The molecule has 0 radical (unpaired) electrons. The van der Waals surface area contributed by atoms with E-state index in [-0.39, 0.29) is 0 Å². The molecule has 3 rings (SSSR count). The molecular formula is C13H16S. The third kappa shape index (κ3) is 1.48. The fraction of sp³-hybridized carbons (Fsp3) is 0.538. The zero-order valence-corrected chi connectivity index (χ0v) is 9.22. The maximum atomic E-state index is 2.49. The topological polar surface area (TPSA) is 0 Å². The largest absolute Gasteiger partial charge is 0.146 e. The lowest BCUT2D eigenvalue weighted by Crippen LogP contribution is -2.23. The molecule has 2 unspecified atom stereocenters. The maximum absolute atomic E-state index is 2.49. The Kier molecular flexibility index (Phi) is 2.28. The van der Waals surface area contributed by atoms with Crippen molar-refractivity contribution >= 4 is 11.8 Å². The Morgan fingerprint density at radius 2 is 2.21 bits per heavy atom. The van der Waals surface area contributed by atoms with Crippen molar-refractivity contribution in [1.29, 1.82) is 0 Å². The van der Waals surface area contributed by atoms with Gasteiger partial charge in [0.2, 0.25) is 0 Å². The predicted octanol–water partition coefficient (Wildman–Crippen LogP) is 3.86. The minimum Gasteiger partial charge on any atom is -0.146 e. The standard InChI is InChI=1S/C13H16S/c1-3-7-12-10(5-1)9-11-6-2-4-8-13(11)14-12/h1,3,5,9,12-13H,2,4,6-8H2. The summed E-state index contributed by atoms with van der Waals surface area (Å²) in [6.45, 7) is 0. The van der Waals surface area contributed by atoms with Gasteiger partial charge in [-0.05, 0) is 31.3 Å². The Bertz CT molecular complexity index is 322. The highest BCUT2D eigenvalue weighted by Crippen LogP contribution is 2.44. The van der Waals surface area contributed by atoms with Crippen molar-refractivity contribution in [3.8, 4) is 0 Å². The zero-order valence-electron chi connectivity index (χ0n) is 8.41. The molecule has 1 fully saturated rings. The summed E-state index contributed by atoms with van der Waals surface area (Å²) in [6, 6.07) is 0. The predicted molar refractivity (Wildman–Crippen MR) is 63.6 cm³/mol. The third-order valence-electron chi connectivity index (χ3n) is 3.42. The van der Waals surface area contributed by atoms with Crippen LogP contribution in [0, 0.1) is 0 Å². The van der Waals surface area contributed by atoms with Gasteiger partial charge in [0.15, 0.2) is 0 Å². The van der Waals surface area contributed by atoms with Gasteiger partial charge in [0.25, 0.3) is 0 Å². The Hall–Kier alpha value is -0.430. The van der Waals surface area contributed by atoms with E-state index < -0.39 is 0 Å². The van der Waals surface area contributed by atoms with E-state index in [1.54, 1.807) is 11.1 Å².